The number of hydrogen-bond acceptors (Lipinski definition) is 2. The molecular weight excluding hydrogens is 244 g/mol. The third-order valence-corrected chi connectivity index (χ3v) is 3.59. The van der Waals surface area contributed by atoms with Crippen LogP contribution < -0.4 is 5.32 Å². The van der Waals surface area contributed by atoms with Gasteiger partial charge in [0.15, 0.2) is 0 Å². The quantitative estimate of drug-likeness (QED) is 0.753. The highest BCUT2D eigenvalue weighted by Gasteiger charge is 2.01. The van der Waals surface area contributed by atoms with E-state index in [0.29, 0.717) is 0 Å². The van der Waals surface area contributed by atoms with E-state index < -0.39 is 0 Å². The normalized spacial score (nSPS) is 10.7. The number of nitrogens with zero attached hydrogens (tertiary/aromatic N) is 1. The fourth-order valence-corrected chi connectivity index (χ4v) is 2.44. The molecule has 0 radical (unpaired) electrons. The molecule has 0 spiro atoms. The molecule has 2 aromatic carbocycles. The van der Waals surface area contributed by atoms with Gasteiger partial charge >= 0.3 is 0 Å². The monoisotopic (exact) mass is 262 g/mol. The highest BCUT2D eigenvalue weighted by atomic mass is 14.9. The van der Waals surface area contributed by atoms with Crippen LogP contribution in [-0.4, -0.2) is 4.98 Å². The summed E-state index contributed by atoms with van der Waals surface area (Å²) >= 11 is 0. The van der Waals surface area contributed by atoms with E-state index >= 15 is 0 Å². The highest BCUT2D eigenvalue weighted by Crippen LogP contribution is 2.19. The Kier molecular flexibility index (Phi) is 3.64. The second-order valence-corrected chi connectivity index (χ2v) is 4.92. The summed E-state index contributed by atoms with van der Waals surface area (Å²) < 4.78 is 0. The summed E-state index contributed by atoms with van der Waals surface area (Å²) in [6.07, 6.45) is 4.83. The summed E-state index contributed by atoms with van der Waals surface area (Å²) in [7, 11) is 0. The number of nitrogens with one attached hydrogen (secondary N) is 1. The van der Waals surface area contributed by atoms with Crippen molar-refractivity contribution in [2.45, 2.75) is 19.9 Å². The lowest BCUT2D eigenvalue weighted by molar-refractivity contribution is 1.12. The van der Waals surface area contributed by atoms with E-state index in [2.05, 4.69) is 65.8 Å². The summed E-state index contributed by atoms with van der Waals surface area (Å²) in [5.41, 5.74) is 3.83. The summed E-state index contributed by atoms with van der Waals surface area (Å²) in [5.74, 6) is 0. The Hall–Kier alpha value is -2.35. The van der Waals surface area contributed by atoms with Crippen LogP contribution in [0, 0.1) is 0 Å². The molecule has 3 rings (SSSR count). The average Bonchev–Trinajstić information content (AvgIpc) is 2.53. The van der Waals surface area contributed by atoms with Gasteiger partial charge in [0.2, 0.25) is 0 Å². The van der Waals surface area contributed by atoms with Gasteiger partial charge in [0.1, 0.15) is 0 Å². The Morgan fingerprint density at radius 1 is 1.05 bits per heavy atom. The van der Waals surface area contributed by atoms with Gasteiger partial charge in [0, 0.05) is 30.0 Å². The molecule has 3 aromatic rings. The van der Waals surface area contributed by atoms with Crippen molar-refractivity contribution in [2.24, 2.45) is 0 Å². The van der Waals surface area contributed by atoms with Gasteiger partial charge in [-0.1, -0.05) is 37.3 Å². The molecule has 0 fully saturated rings. The molecule has 2 heteroatoms. The van der Waals surface area contributed by atoms with Crippen LogP contribution in [0.25, 0.3) is 10.8 Å². The van der Waals surface area contributed by atoms with Crippen LogP contribution >= 0.6 is 0 Å². The third kappa shape index (κ3) is 2.64. The van der Waals surface area contributed by atoms with Crippen LogP contribution in [0.4, 0.5) is 5.69 Å². The summed E-state index contributed by atoms with van der Waals surface area (Å²) in [6.45, 7) is 3.01. The van der Waals surface area contributed by atoms with E-state index in [1.165, 1.54) is 27.6 Å². The minimum atomic E-state index is 0.828. The van der Waals surface area contributed by atoms with E-state index in [1.54, 1.807) is 0 Å². The lowest BCUT2D eigenvalue weighted by Crippen LogP contribution is -2.00. The molecular formula is C18H18N2. The lowest BCUT2D eigenvalue weighted by atomic mass is 10.1. The van der Waals surface area contributed by atoms with Crippen LogP contribution in [0.15, 0.2) is 60.9 Å². The first-order chi connectivity index (χ1) is 9.86. The number of pyridine rings is 1. The number of anilines is 1. The van der Waals surface area contributed by atoms with E-state index in [-0.39, 0.29) is 0 Å². The van der Waals surface area contributed by atoms with Gasteiger partial charge in [-0.3, -0.25) is 4.98 Å². The first-order valence-corrected chi connectivity index (χ1v) is 7.01. The van der Waals surface area contributed by atoms with Gasteiger partial charge < -0.3 is 5.32 Å². The zero-order valence-corrected chi connectivity index (χ0v) is 11.6. The number of aromatic nitrogens is 1. The lowest BCUT2D eigenvalue weighted by Gasteiger charge is -2.10. The molecule has 100 valence electrons. The molecule has 0 aliphatic heterocycles. The van der Waals surface area contributed by atoms with Gasteiger partial charge in [-0.05, 0) is 41.1 Å². The van der Waals surface area contributed by atoms with Crippen molar-refractivity contribution >= 4 is 16.5 Å². The molecule has 1 heterocycles. The molecule has 0 amide bonds. The minimum absolute atomic E-state index is 0.828. The molecule has 20 heavy (non-hydrogen) atoms. The smallest absolute Gasteiger partial charge is 0.0406 e. The number of aryl methyl sites for hydroxylation is 1. The predicted octanol–water partition coefficient (Wildman–Crippen LogP) is 4.41. The van der Waals surface area contributed by atoms with Crippen LogP contribution in [0.5, 0.6) is 0 Å². The van der Waals surface area contributed by atoms with Crippen molar-refractivity contribution in [3.63, 3.8) is 0 Å². The maximum atomic E-state index is 4.17. The zero-order valence-electron chi connectivity index (χ0n) is 11.6. The molecule has 0 aliphatic rings. The Balaban J connectivity index is 1.83. The SMILES string of the molecule is CCc1cccc(NCc2cccc3cnccc23)c1. The predicted molar refractivity (Wildman–Crippen MR) is 84.9 cm³/mol. The van der Waals surface area contributed by atoms with Crippen molar-refractivity contribution < 1.29 is 0 Å². The molecule has 0 bridgehead atoms. The van der Waals surface area contributed by atoms with Crippen molar-refractivity contribution in [2.75, 3.05) is 5.32 Å². The molecule has 0 aliphatic carbocycles. The van der Waals surface area contributed by atoms with Crippen molar-refractivity contribution in [1.82, 2.24) is 4.98 Å². The summed E-state index contributed by atoms with van der Waals surface area (Å²) in [6, 6.07) is 17.0. The third-order valence-electron chi connectivity index (χ3n) is 3.59. The van der Waals surface area contributed by atoms with Crippen LogP contribution in [0.1, 0.15) is 18.1 Å². The van der Waals surface area contributed by atoms with Gasteiger partial charge in [-0.15, -0.1) is 0 Å². The molecule has 1 aromatic heterocycles. The molecule has 1 N–H and O–H groups in total. The average molecular weight is 262 g/mol. The van der Waals surface area contributed by atoms with Gasteiger partial charge in [-0.25, -0.2) is 0 Å². The minimum Gasteiger partial charge on any atom is -0.381 e. The van der Waals surface area contributed by atoms with Gasteiger partial charge in [-0.2, -0.15) is 0 Å². The molecule has 0 saturated heterocycles. The maximum Gasteiger partial charge on any atom is 0.0406 e. The number of hydrogen-bond donors (Lipinski definition) is 1. The van der Waals surface area contributed by atoms with Crippen LogP contribution in [0.2, 0.25) is 0 Å². The van der Waals surface area contributed by atoms with Gasteiger partial charge in [0.25, 0.3) is 0 Å². The maximum absolute atomic E-state index is 4.17. The highest BCUT2D eigenvalue weighted by molar-refractivity contribution is 5.84. The Labute approximate surface area is 119 Å². The second-order valence-electron chi connectivity index (χ2n) is 4.92. The van der Waals surface area contributed by atoms with Crippen molar-refractivity contribution in [3.8, 4) is 0 Å². The second kappa shape index (κ2) is 5.74. The molecule has 0 atom stereocenters. The van der Waals surface area contributed by atoms with Crippen LogP contribution in [-0.2, 0) is 13.0 Å². The number of fused-ring (bicyclic) bond motifs is 1. The van der Waals surface area contributed by atoms with E-state index in [9.17, 15) is 0 Å². The van der Waals surface area contributed by atoms with Crippen LogP contribution in [0.3, 0.4) is 0 Å². The van der Waals surface area contributed by atoms with Crippen molar-refractivity contribution in [3.05, 3.63) is 72.1 Å². The van der Waals surface area contributed by atoms with E-state index in [4.69, 9.17) is 0 Å². The summed E-state index contributed by atoms with van der Waals surface area (Å²) in [5, 5.41) is 5.96. The van der Waals surface area contributed by atoms with Gasteiger partial charge in [0.05, 0.1) is 0 Å². The van der Waals surface area contributed by atoms with E-state index in [0.717, 1.165) is 13.0 Å². The fourth-order valence-electron chi connectivity index (χ4n) is 2.44. The standard InChI is InChI=1S/C18H18N2/c1-2-14-5-3-8-17(11-14)20-13-16-7-4-6-15-12-19-10-9-18(15)16/h3-12,20H,2,13H2,1H3. The van der Waals surface area contributed by atoms with E-state index in [1.807, 2.05) is 12.4 Å². The topological polar surface area (TPSA) is 24.9 Å². The molecule has 0 saturated carbocycles. The largest absolute Gasteiger partial charge is 0.381 e. The molecule has 0 unspecified atom stereocenters. The number of rotatable bonds is 4. The first-order valence-electron chi connectivity index (χ1n) is 7.01. The zero-order chi connectivity index (χ0) is 13.8. The first kappa shape index (κ1) is 12.7. The summed E-state index contributed by atoms with van der Waals surface area (Å²) in [4.78, 5) is 4.17. The number of benzene rings is 2. The Morgan fingerprint density at radius 3 is 2.85 bits per heavy atom. The van der Waals surface area contributed by atoms with Crippen molar-refractivity contribution in [1.29, 1.82) is 0 Å². The Morgan fingerprint density at radius 2 is 1.95 bits per heavy atom. The Bertz CT molecular complexity index is 714. The molecule has 2 nitrogen and oxygen atoms in total. The fraction of sp³-hybridized carbons (Fsp3) is 0.167.